The van der Waals surface area contributed by atoms with Crippen molar-refractivity contribution in [3.63, 3.8) is 0 Å². The lowest BCUT2D eigenvalue weighted by Crippen LogP contribution is -2.64. The van der Waals surface area contributed by atoms with Crippen molar-refractivity contribution in [2.45, 2.75) is 65.3 Å². The lowest BCUT2D eigenvalue weighted by Gasteiger charge is -2.39. The normalized spacial score (nSPS) is 15.4. The Morgan fingerprint density at radius 3 is 1.72 bits per heavy atom. The molecule has 1 atom stereocenters. The maximum atomic E-state index is 13.4. The van der Waals surface area contributed by atoms with Gasteiger partial charge in [-0.25, -0.2) is 0 Å². The van der Waals surface area contributed by atoms with Crippen LogP contribution in [-0.2, 0) is 19.0 Å². The Kier molecular flexibility index (Phi) is 7.78. The van der Waals surface area contributed by atoms with Crippen LogP contribution in [0.5, 0.6) is 0 Å². The molecule has 0 fully saturated rings. The van der Waals surface area contributed by atoms with Gasteiger partial charge in [-0.05, 0) is 20.3 Å². The SMILES string of the molecule is CCC(C)(C)C(=O)OCC(OC(OC)C(C)C)(C(F)(F)F)C(F)(F)F. The maximum absolute atomic E-state index is 13.4. The van der Waals surface area contributed by atoms with Gasteiger partial charge in [0, 0.05) is 13.0 Å². The highest BCUT2D eigenvalue weighted by Gasteiger charge is 2.74. The summed E-state index contributed by atoms with van der Waals surface area (Å²) >= 11 is 0. The van der Waals surface area contributed by atoms with E-state index in [2.05, 4.69) is 14.2 Å². The van der Waals surface area contributed by atoms with Gasteiger partial charge in [0.15, 0.2) is 6.29 Å². The van der Waals surface area contributed by atoms with Crippen molar-refractivity contribution in [2.24, 2.45) is 11.3 Å². The number of rotatable bonds is 8. The minimum atomic E-state index is -5.88. The first-order valence-corrected chi connectivity index (χ1v) is 7.57. The van der Waals surface area contributed by atoms with Crippen LogP contribution < -0.4 is 0 Å². The summed E-state index contributed by atoms with van der Waals surface area (Å²) in [5.41, 5.74) is -5.92. The highest BCUT2D eigenvalue weighted by molar-refractivity contribution is 5.75. The van der Waals surface area contributed by atoms with Crippen molar-refractivity contribution in [3.8, 4) is 0 Å². The summed E-state index contributed by atoms with van der Waals surface area (Å²) in [5, 5.41) is 0. The van der Waals surface area contributed by atoms with Crippen LogP contribution in [0.1, 0.15) is 41.0 Å². The maximum Gasteiger partial charge on any atom is 0.430 e. The second-order valence-electron chi connectivity index (χ2n) is 6.60. The van der Waals surface area contributed by atoms with E-state index in [-0.39, 0.29) is 6.42 Å². The third-order valence-corrected chi connectivity index (χ3v) is 3.85. The van der Waals surface area contributed by atoms with Gasteiger partial charge < -0.3 is 14.2 Å². The molecule has 0 aliphatic carbocycles. The molecule has 0 amide bonds. The topological polar surface area (TPSA) is 44.8 Å². The molecular weight excluding hydrogens is 358 g/mol. The van der Waals surface area contributed by atoms with E-state index in [1.807, 2.05) is 0 Å². The van der Waals surface area contributed by atoms with E-state index in [1.165, 1.54) is 27.7 Å². The number of esters is 1. The van der Waals surface area contributed by atoms with Crippen LogP contribution in [0.25, 0.3) is 0 Å². The monoisotopic (exact) mass is 382 g/mol. The van der Waals surface area contributed by atoms with Crippen LogP contribution in [0.15, 0.2) is 0 Å². The molecule has 1 unspecified atom stereocenters. The zero-order valence-electron chi connectivity index (χ0n) is 15.0. The Morgan fingerprint density at radius 2 is 1.44 bits per heavy atom. The summed E-state index contributed by atoms with van der Waals surface area (Å²) in [7, 11) is 0.925. The summed E-state index contributed by atoms with van der Waals surface area (Å²) in [6.45, 7) is 4.87. The van der Waals surface area contributed by atoms with E-state index < -0.39 is 48.2 Å². The van der Waals surface area contributed by atoms with E-state index >= 15 is 0 Å². The third kappa shape index (κ3) is 5.47. The summed E-state index contributed by atoms with van der Waals surface area (Å²) in [6, 6.07) is 0. The van der Waals surface area contributed by atoms with E-state index in [9.17, 15) is 31.1 Å². The molecule has 0 aliphatic heterocycles. The third-order valence-electron chi connectivity index (χ3n) is 3.85. The van der Waals surface area contributed by atoms with Crippen molar-refractivity contribution in [3.05, 3.63) is 0 Å². The highest BCUT2D eigenvalue weighted by atomic mass is 19.4. The second-order valence-corrected chi connectivity index (χ2v) is 6.60. The zero-order valence-corrected chi connectivity index (χ0v) is 15.0. The van der Waals surface area contributed by atoms with Gasteiger partial charge in [0.1, 0.15) is 6.61 Å². The highest BCUT2D eigenvalue weighted by Crippen LogP contribution is 2.47. The lowest BCUT2D eigenvalue weighted by molar-refractivity contribution is -0.417. The van der Waals surface area contributed by atoms with Gasteiger partial charge in [0.05, 0.1) is 5.41 Å². The number of halogens is 6. The second kappa shape index (κ2) is 8.11. The molecule has 0 N–H and O–H groups in total. The molecule has 150 valence electrons. The molecule has 0 aliphatic rings. The van der Waals surface area contributed by atoms with Crippen LogP contribution in [-0.4, -0.2) is 43.9 Å². The molecule has 0 radical (unpaired) electrons. The number of alkyl halides is 6. The predicted molar refractivity (Wildman–Crippen MR) is 76.6 cm³/mol. The van der Waals surface area contributed by atoms with Gasteiger partial charge in [0.2, 0.25) is 0 Å². The van der Waals surface area contributed by atoms with Crippen LogP contribution in [0, 0.1) is 11.3 Å². The van der Waals surface area contributed by atoms with Gasteiger partial charge in [-0.2, -0.15) is 26.3 Å². The average Bonchev–Trinajstić information content (AvgIpc) is 2.43. The van der Waals surface area contributed by atoms with Gasteiger partial charge in [-0.1, -0.05) is 20.8 Å². The van der Waals surface area contributed by atoms with E-state index in [4.69, 9.17) is 0 Å². The van der Waals surface area contributed by atoms with Gasteiger partial charge in [-0.15, -0.1) is 0 Å². The first-order valence-electron chi connectivity index (χ1n) is 7.57. The van der Waals surface area contributed by atoms with Crippen LogP contribution >= 0.6 is 0 Å². The largest absolute Gasteiger partial charge is 0.461 e. The minimum absolute atomic E-state index is 0.171. The van der Waals surface area contributed by atoms with Crippen LogP contribution in [0.3, 0.4) is 0 Å². The van der Waals surface area contributed by atoms with Crippen LogP contribution in [0.4, 0.5) is 26.3 Å². The van der Waals surface area contributed by atoms with Gasteiger partial charge in [0.25, 0.3) is 5.60 Å². The van der Waals surface area contributed by atoms with Crippen molar-refractivity contribution >= 4 is 5.97 Å². The molecule has 4 nitrogen and oxygen atoms in total. The number of carbonyl (C=O) groups is 1. The summed E-state index contributed by atoms with van der Waals surface area (Å²) in [5.74, 6) is -1.99. The van der Waals surface area contributed by atoms with Crippen molar-refractivity contribution in [1.29, 1.82) is 0 Å². The number of ether oxygens (including phenoxy) is 3. The van der Waals surface area contributed by atoms with Gasteiger partial charge >= 0.3 is 18.3 Å². The summed E-state index contributed by atoms with van der Waals surface area (Å²) in [6.07, 6.45) is -13.4. The summed E-state index contributed by atoms with van der Waals surface area (Å²) < 4.78 is 93.5. The molecule has 0 aromatic carbocycles. The van der Waals surface area contributed by atoms with Crippen molar-refractivity contribution in [2.75, 3.05) is 13.7 Å². The fourth-order valence-electron chi connectivity index (χ4n) is 1.65. The average molecular weight is 382 g/mol. The lowest BCUT2D eigenvalue weighted by atomic mass is 9.90. The predicted octanol–water partition coefficient (Wildman–Crippen LogP) is 4.47. The fourth-order valence-corrected chi connectivity index (χ4v) is 1.65. The molecular formula is C15H24F6O4. The number of carbonyl (C=O) groups excluding carboxylic acids is 1. The fraction of sp³-hybridized carbons (Fsp3) is 0.933. The summed E-state index contributed by atoms with van der Waals surface area (Å²) in [4.78, 5) is 11.8. The Bertz CT molecular complexity index is 428. The first kappa shape index (κ1) is 24.0. The molecule has 10 heteroatoms. The van der Waals surface area contributed by atoms with E-state index in [0.717, 1.165) is 7.11 Å². The molecule has 0 rings (SSSR count). The standard InChI is InChI=1S/C15H24F6O4/c1-7-12(4,5)11(22)24-8-13(14(16,17)18,15(19,20)21)25-10(23-6)9(2)3/h9-10H,7-8H2,1-6H3. The van der Waals surface area contributed by atoms with Crippen molar-refractivity contribution in [1.82, 2.24) is 0 Å². The van der Waals surface area contributed by atoms with Crippen LogP contribution in [0.2, 0.25) is 0 Å². The Balaban J connectivity index is 5.86. The Labute approximate surface area is 142 Å². The van der Waals surface area contributed by atoms with Crippen molar-refractivity contribution < 1.29 is 45.3 Å². The van der Waals surface area contributed by atoms with E-state index in [0.29, 0.717) is 0 Å². The molecule has 0 saturated carbocycles. The number of hydrogen-bond acceptors (Lipinski definition) is 4. The quantitative estimate of drug-likeness (QED) is 0.353. The smallest absolute Gasteiger partial charge is 0.430 e. The first-order chi connectivity index (χ1) is 11.1. The molecule has 0 aromatic heterocycles. The zero-order chi connectivity index (χ0) is 20.3. The van der Waals surface area contributed by atoms with Gasteiger partial charge in [-0.3, -0.25) is 4.79 Å². The molecule has 0 heterocycles. The molecule has 25 heavy (non-hydrogen) atoms. The minimum Gasteiger partial charge on any atom is -0.461 e. The Morgan fingerprint density at radius 1 is 1.00 bits per heavy atom. The number of hydrogen-bond donors (Lipinski definition) is 0. The Hall–Kier alpha value is -1.03. The molecule has 0 spiro atoms. The molecule has 0 bridgehead atoms. The number of methoxy groups -OCH3 is 1. The van der Waals surface area contributed by atoms with E-state index in [1.54, 1.807) is 6.92 Å². The molecule has 0 saturated heterocycles. The molecule has 0 aromatic rings.